The Labute approximate surface area is 157 Å². The van der Waals surface area contributed by atoms with Gasteiger partial charge in [-0.25, -0.2) is 4.98 Å². The van der Waals surface area contributed by atoms with Gasteiger partial charge >= 0.3 is 0 Å². The topological polar surface area (TPSA) is 51.2 Å². The second-order valence-electron chi connectivity index (χ2n) is 6.03. The molecule has 0 radical (unpaired) electrons. The van der Waals surface area contributed by atoms with Gasteiger partial charge in [0.25, 0.3) is 0 Å². The molecule has 1 aromatic heterocycles. The number of thiazole rings is 1. The lowest BCUT2D eigenvalue weighted by Gasteiger charge is -2.05. The molecule has 2 aromatic carbocycles. The Morgan fingerprint density at radius 1 is 1.12 bits per heavy atom. The summed E-state index contributed by atoms with van der Waals surface area (Å²) in [7, 11) is 0. The number of anilines is 1. The van der Waals surface area contributed by atoms with E-state index < -0.39 is 0 Å². The highest BCUT2D eigenvalue weighted by molar-refractivity contribution is 7.14. The van der Waals surface area contributed by atoms with Gasteiger partial charge in [-0.1, -0.05) is 42.0 Å². The van der Waals surface area contributed by atoms with Crippen molar-refractivity contribution in [2.24, 2.45) is 0 Å². The number of hydrogen-bond donors (Lipinski definition) is 1. The van der Waals surface area contributed by atoms with Gasteiger partial charge in [-0.2, -0.15) is 0 Å². The number of carbonyl (C=O) groups excluding carboxylic acids is 1. The zero-order valence-corrected chi connectivity index (χ0v) is 15.8. The molecule has 134 valence electrons. The van der Waals surface area contributed by atoms with Crippen LogP contribution in [-0.4, -0.2) is 17.5 Å². The van der Waals surface area contributed by atoms with E-state index in [-0.39, 0.29) is 5.91 Å². The number of nitrogens with zero attached hydrogens (tertiary/aromatic N) is 1. The molecule has 4 nitrogen and oxygen atoms in total. The average molecular weight is 366 g/mol. The summed E-state index contributed by atoms with van der Waals surface area (Å²) >= 11 is 1.45. The van der Waals surface area contributed by atoms with E-state index in [1.54, 1.807) is 0 Å². The molecule has 0 unspecified atom stereocenters. The predicted octanol–water partition coefficient (Wildman–Crippen LogP) is 5.09. The van der Waals surface area contributed by atoms with Gasteiger partial charge in [0.05, 0.1) is 12.3 Å². The Kier molecular flexibility index (Phi) is 6.02. The van der Waals surface area contributed by atoms with Crippen LogP contribution in [0.3, 0.4) is 0 Å². The predicted molar refractivity (Wildman–Crippen MR) is 107 cm³/mol. The molecule has 0 aliphatic carbocycles. The molecule has 0 bridgehead atoms. The van der Waals surface area contributed by atoms with Crippen molar-refractivity contribution < 1.29 is 9.53 Å². The van der Waals surface area contributed by atoms with Crippen LogP contribution in [0.5, 0.6) is 5.75 Å². The Bertz CT molecular complexity index is 854. The molecule has 1 heterocycles. The normalized spacial score (nSPS) is 10.5. The van der Waals surface area contributed by atoms with Gasteiger partial charge in [0.2, 0.25) is 5.91 Å². The number of hydrogen-bond acceptors (Lipinski definition) is 4. The van der Waals surface area contributed by atoms with Crippen LogP contribution < -0.4 is 10.1 Å². The quantitative estimate of drug-likeness (QED) is 0.634. The number of rotatable bonds is 7. The van der Waals surface area contributed by atoms with Gasteiger partial charge in [0.1, 0.15) is 5.75 Å². The molecule has 5 heteroatoms. The largest absolute Gasteiger partial charge is 0.494 e. The Morgan fingerprint density at radius 3 is 2.54 bits per heavy atom. The molecule has 0 atom stereocenters. The van der Waals surface area contributed by atoms with Crippen LogP contribution in [0.25, 0.3) is 11.3 Å². The fourth-order valence-corrected chi connectivity index (χ4v) is 3.28. The summed E-state index contributed by atoms with van der Waals surface area (Å²) in [6.07, 6.45) is 1.11. The standard InChI is InChI=1S/C21H22N2O2S/c1-3-25-18-11-6-16(7-12-18)8-13-20(24)23-21-22-19(14-26-21)17-9-4-15(2)5-10-17/h4-7,9-12,14H,3,8,13H2,1-2H3,(H,22,23,24). The van der Waals surface area contributed by atoms with Crippen molar-refractivity contribution in [1.29, 1.82) is 0 Å². The number of amides is 1. The summed E-state index contributed by atoms with van der Waals surface area (Å²) in [4.78, 5) is 16.7. The summed E-state index contributed by atoms with van der Waals surface area (Å²) in [5, 5.41) is 5.49. The van der Waals surface area contributed by atoms with Gasteiger partial charge < -0.3 is 10.1 Å². The van der Waals surface area contributed by atoms with E-state index in [9.17, 15) is 4.79 Å². The zero-order chi connectivity index (χ0) is 18.4. The number of ether oxygens (including phenoxy) is 1. The van der Waals surface area contributed by atoms with Crippen LogP contribution in [0.2, 0.25) is 0 Å². The molecule has 0 spiro atoms. The molecular formula is C21H22N2O2S. The molecule has 26 heavy (non-hydrogen) atoms. The Morgan fingerprint density at radius 2 is 1.85 bits per heavy atom. The third-order valence-corrected chi connectivity index (χ3v) is 4.73. The summed E-state index contributed by atoms with van der Waals surface area (Å²) in [6, 6.07) is 16.1. The summed E-state index contributed by atoms with van der Waals surface area (Å²) in [5.41, 5.74) is 4.27. The Hall–Kier alpha value is -2.66. The lowest BCUT2D eigenvalue weighted by Crippen LogP contribution is -2.12. The molecule has 0 saturated heterocycles. The van der Waals surface area contributed by atoms with E-state index in [4.69, 9.17) is 4.74 Å². The molecule has 0 aliphatic heterocycles. The van der Waals surface area contributed by atoms with Gasteiger partial charge in [-0.3, -0.25) is 4.79 Å². The molecule has 0 fully saturated rings. The zero-order valence-electron chi connectivity index (χ0n) is 15.0. The van der Waals surface area contributed by atoms with E-state index in [0.29, 0.717) is 24.6 Å². The van der Waals surface area contributed by atoms with E-state index in [1.807, 2.05) is 48.7 Å². The van der Waals surface area contributed by atoms with Crippen molar-refractivity contribution in [3.05, 3.63) is 65.0 Å². The van der Waals surface area contributed by atoms with Crippen LogP contribution >= 0.6 is 11.3 Å². The molecule has 1 N–H and O–H groups in total. The average Bonchev–Trinajstić information content (AvgIpc) is 3.10. The van der Waals surface area contributed by atoms with Crippen molar-refractivity contribution >= 4 is 22.4 Å². The molecule has 3 aromatic rings. The SMILES string of the molecule is CCOc1ccc(CCC(=O)Nc2nc(-c3ccc(C)cc3)cs2)cc1. The highest BCUT2D eigenvalue weighted by Gasteiger charge is 2.08. The monoisotopic (exact) mass is 366 g/mol. The van der Waals surface area contributed by atoms with Crippen LogP contribution in [0.4, 0.5) is 5.13 Å². The minimum Gasteiger partial charge on any atom is -0.494 e. The van der Waals surface area contributed by atoms with E-state index >= 15 is 0 Å². The van der Waals surface area contributed by atoms with Gasteiger partial charge in [0.15, 0.2) is 5.13 Å². The first-order valence-corrected chi connectivity index (χ1v) is 9.56. The first-order valence-electron chi connectivity index (χ1n) is 8.68. The highest BCUT2D eigenvalue weighted by atomic mass is 32.1. The van der Waals surface area contributed by atoms with Gasteiger partial charge in [-0.15, -0.1) is 11.3 Å². The lowest BCUT2D eigenvalue weighted by atomic mass is 10.1. The lowest BCUT2D eigenvalue weighted by molar-refractivity contribution is -0.116. The maximum Gasteiger partial charge on any atom is 0.226 e. The van der Waals surface area contributed by atoms with Crippen LogP contribution in [0.15, 0.2) is 53.9 Å². The molecule has 1 amide bonds. The van der Waals surface area contributed by atoms with Crippen molar-refractivity contribution in [2.45, 2.75) is 26.7 Å². The smallest absolute Gasteiger partial charge is 0.226 e. The number of aryl methyl sites for hydroxylation is 2. The summed E-state index contributed by atoms with van der Waals surface area (Å²) < 4.78 is 5.42. The van der Waals surface area contributed by atoms with E-state index in [0.717, 1.165) is 22.6 Å². The summed E-state index contributed by atoms with van der Waals surface area (Å²) in [6.45, 7) is 4.67. The van der Waals surface area contributed by atoms with Crippen molar-refractivity contribution in [2.75, 3.05) is 11.9 Å². The van der Waals surface area contributed by atoms with Crippen LogP contribution in [-0.2, 0) is 11.2 Å². The minimum absolute atomic E-state index is 0.0244. The van der Waals surface area contributed by atoms with Gasteiger partial charge in [0, 0.05) is 17.4 Å². The first kappa shape index (κ1) is 18.1. The fourth-order valence-electron chi connectivity index (χ4n) is 2.55. The van der Waals surface area contributed by atoms with E-state index in [1.165, 1.54) is 16.9 Å². The minimum atomic E-state index is -0.0244. The van der Waals surface area contributed by atoms with Gasteiger partial charge in [-0.05, 0) is 38.0 Å². The maximum absolute atomic E-state index is 12.2. The molecule has 0 aliphatic rings. The summed E-state index contributed by atoms with van der Waals surface area (Å²) in [5.74, 6) is 0.829. The highest BCUT2D eigenvalue weighted by Crippen LogP contribution is 2.25. The molecular weight excluding hydrogens is 344 g/mol. The first-order chi connectivity index (χ1) is 12.6. The number of benzene rings is 2. The molecule has 3 rings (SSSR count). The van der Waals surface area contributed by atoms with Crippen molar-refractivity contribution in [3.8, 4) is 17.0 Å². The van der Waals surface area contributed by atoms with E-state index in [2.05, 4.69) is 29.4 Å². The van der Waals surface area contributed by atoms with Crippen LogP contribution in [0.1, 0.15) is 24.5 Å². The maximum atomic E-state index is 12.2. The number of carbonyl (C=O) groups is 1. The fraction of sp³-hybridized carbons (Fsp3) is 0.238. The van der Waals surface area contributed by atoms with Crippen molar-refractivity contribution in [3.63, 3.8) is 0 Å². The number of nitrogens with one attached hydrogen (secondary N) is 1. The Balaban J connectivity index is 1.52. The second-order valence-corrected chi connectivity index (χ2v) is 6.89. The van der Waals surface area contributed by atoms with Crippen LogP contribution in [0, 0.1) is 6.92 Å². The third-order valence-electron chi connectivity index (χ3n) is 3.97. The second kappa shape index (κ2) is 8.63. The molecule has 0 saturated carbocycles. The van der Waals surface area contributed by atoms with Crippen molar-refractivity contribution in [1.82, 2.24) is 4.98 Å². The third kappa shape index (κ3) is 4.92. The number of aromatic nitrogens is 1.